The second-order valence-electron chi connectivity index (χ2n) is 4.25. The molecule has 4 heteroatoms. The van der Waals surface area contributed by atoms with Crippen LogP contribution in [0.15, 0.2) is 4.99 Å². The summed E-state index contributed by atoms with van der Waals surface area (Å²) in [6.45, 7) is 6.07. The summed E-state index contributed by atoms with van der Waals surface area (Å²) in [4.78, 5) is 4.61. The van der Waals surface area contributed by atoms with E-state index < -0.39 is 0 Å². The SMILES string of the molecule is CC1(C)CSC(=NC2CCOC2)N1. The molecule has 1 atom stereocenters. The van der Waals surface area contributed by atoms with Crippen LogP contribution < -0.4 is 5.32 Å². The van der Waals surface area contributed by atoms with Crippen LogP contribution in [-0.4, -0.2) is 35.7 Å². The molecule has 0 amide bonds. The van der Waals surface area contributed by atoms with Crippen LogP contribution in [0.4, 0.5) is 0 Å². The minimum absolute atomic E-state index is 0.211. The molecule has 0 aromatic heterocycles. The Morgan fingerprint density at radius 3 is 3.00 bits per heavy atom. The number of nitrogens with one attached hydrogen (secondary N) is 1. The first kappa shape index (κ1) is 9.34. The largest absolute Gasteiger partial charge is 0.379 e. The lowest BCUT2D eigenvalue weighted by Gasteiger charge is -2.16. The van der Waals surface area contributed by atoms with Gasteiger partial charge in [-0.1, -0.05) is 11.8 Å². The minimum atomic E-state index is 0.211. The van der Waals surface area contributed by atoms with Crippen molar-refractivity contribution in [2.24, 2.45) is 4.99 Å². The zero-order chi connectivity index (χ0) is 9.31. The van der Waals surface area contributed by atoms with E-state index in [4.69, 9.17) is 4.74 Å². The number of nitrogens with zero attached hydrogens (tertiary/aromatic N) is 1. The highest BCUT2D eigenvalue weighted by molar-refractivity contribution is 8.14. The van der Waals surface area contributed by atoms with Crippen molar-refractivity contribution in [3.05, 3.63) is 0 Å². The van der Waals surface area contributed by atoms with Crippen LogP contribution in [0.1, 0.15) is 20.3 Å². The van der Waals surface area contributed by atoms with Gasteiger partial charge in [-0.15, -0.1) is 0 Å². The third-order valence-corrected chi connectivity index (χ3v) is 3.57. The molecule has 0 saturated carbocycles. The van der Waals surface area contributed by atoms with E-state index in [0.29, 0.717) is 6.04 Å². The maximum absolute atomic E-state index is 5.28. The quantitative estimate of drug-likeness (QED) is 0.691. The van der Waals surface area contributed by atoms with Crippen LogP contribution >= 0.6 is 11.8 Å². The normalized spacial score (nSPS) is 35.2. The van der Waals surface area contributed by atoms with Gasteiger partial charge in [-0.05, 0) is 20.3 Å². The summed E-state index contributed by atoms with van der Waals surface area (Å²) in [6, 6.07) is 0.392. The molecule has 2 aliphatic rings. The van der Waals surface area contributed by atoms with Gasteiger partial charge in [0.2, 0.25) is 0 Å². The average molecular weight is 200 g/mol. The Morgan fingerprint density at radius 2 is 2.46 bits per heavy atom. The van der Waals surface area contributed by atoms with Crippen molar-refractivity contribution in [3.8, 4) is 0 Å². The van der Waals surface area contributed by atoms with Crippen molar-refractivity contribution in [2.45, 2.75) is 31.8 Å². The topological polar surface area (TPSA) is 33.6 Å². The third-order valence-electron chi connectivity index (χ3n) is 2.22. The van der Waals surface area contributed by atoms with Gasteiger partial charge >= 0.3 is 0 Å². The smallest absolute Gasteiger partial charge is 0.157 e. The van der Waals surface area contributed by atoms with Gasteiger partial charge in [0.15, 0.2) is 5.17 Å². The summed E-state index contributed by atoms with van der Waals surface area (Å²) in [6.07, 6.45) is 1.08. The summed E-state index contributed by atoms with van der Waals surface area (Å²) < 4.78 is 5.28. The molecular weight excluding hydrogens is 184 g/mol. The van der Waals surface area contributed by atoms with Gasteiger partial charge < -0.3 is 10.1 Å². The predicted octanol–water partition coefficient (Wildman–Crippen LogP) is 1.25. The van der Waals surface area contributed by atoms with Crippen molar-refractivity contribution >= 4 is 16.9 Å². The molecule has 0 radical (unpaired) electrons. The molecule has 13 heavy (non-hydrogen) atoms. The Bertz CT molecular complexity index is 222. The van der Waals surface area contributed by atoms with Crippen LogP contribution in [0.2, 0.25) is 0 Å². The minimum Gasteiger partial charge on any atom is -0.379 e. The second kappa shape index (κ2) is 3.50. The molecule has 0 aromatic rings. The molecule has 74 valence electrons. The summed E-state index contributed by atoms with van der Waals surface area (Å²) in [7, 11) is 0. The number of ether oxygens (including phenoxy) is 1. The first-order chi connectivity index (χ1) is 6.16. The number of hydrogen-bond acceptors (Lipinski definition) is 3. The molecule has 3 nitrogen and oxygen atoms in total. The number of amidine groups is 1. The zero-order valence-corrected chi connectivity index (χ0v) is 8.99. The van der Waals surface area contributed by atoms with Gasteiger partial charge in [0.1, 0.15) is 0 Å². The van der Waals surface area contributed by atoms with Crippen LogP contribution in [0.5, 0.6) is 0 Å². The van der Waals surface area contributed by atoms with Crippen LogP contribution in [0, 0.1) is 0 Å². The van der Waals surface area contributed by atoms with Gasteiger partial charge in [0, 0.05) is 17.9 Å². The molecule has 2 rings (SSSR count). The molecule has 2 fully saturated rings. The molecular formula is C9H16N2OS. The van der Waals surface area contributed by atoms with Crippen molar-refractivity contribution in [1.29, 1.82) is 0 Å². The summed E-state index contributed by atoms with van der Waals surface area (Å²) in [5.41, 5.74) is 0.211. The first-order valence-corrected chi connectivity index (χ1v) is 5.71. The third kappa shape index (κ3) is 2.38. The molecule has 1 unspecified atom stereocenters. The average Bonchev–Trinajstić information content (AvgIpc) is 2.61. The van der Waals surface area contributed by atoms with Gasteiger partial charge in [-0.3, -0.25) is 4.99 Å². The van der Waals surface area contributed by atoms with Crippen molar-refractivity contribution in [1.82, 2.24) is 5.32 Å². The number of thioether (sulfide) groups is 1. The van der Waals surface area contributed by atoms with Crippen molar-refractivity contribution < 1.29 is 4.74 Å². The number of rotatable bonds is 1. The standard InChI is InChI=1S/C9H16N2OS/c1-9(2)6-13-8(11-9)10-7-3-4-12-5-7/h7H,3-6H2,1-2H3,(H,10,11). The van der Waals surface area contributed by atoms with E-state index in [1.807, 2.05) is 11.8 Å². The highest BCUT2D eigenvalue weighted by Gasteiger charge is 2.28. The first-order valence-electron chi connectivity index (χ1n) is 4.72. The van der Waals surface area contributed by atoms with Crippen LogP contribution in [0.3, 0.4) is 0 Å². The molecule has 0 spiro atoms. The Balaban J connectivity index is 1.94. The molecule has 1 N–H and O–H groups in total. The Morgan fingerprint density at radius 1 is 1.62 bits per heavy atom. The Hall–Kier alpha value is -0.220. The Kier molecular flexibility index (Phi) is 2.51. The van der Waals surface area contributed by atoms with E-state index in [2.05, 4.69) is 24.2 Å². The van der Waals surface area contributed by atoms with E-state index >= 15 is 0 Å². The predicted molar refractivity (Wildman–Crippen MR) is 56.3 cm³/mol. The zero-order valence-electron chi connectivity index (χ0n) is 8.17. The summed E-state index contributed by atoms with van der Waals surface area (Å²) in [5, 5.41) is 4.51. The fraction of sp³-hybridized carbons (Fsp3) is 0.889. The summed E-state index contributed by atoms with van der Waals surface area (Å²) in [5.74, 6) is 1.11. The van der Waals surface area contributed by atoms with E-state index in [0.717, 1.165) is 30.6 Å². The van der Waals surface area contributed by atoms with E-state index in [1.54, 1.807) is 0 Å². The molecule has 0 aliphatic carbocycles. The van der Waals surface area contributed by atoms with Gasteiger partial charge in [-0.2, -0.15) is 0 Å². The highest BCUT2D eigenvalue weighted by atomic mass is 32.2. The lowest BCUT2D eigenvalue weighted by atomic mass is 10.1. The molecule has 0 aromatic carbocycles. The van der Waals surface area contributed by atoms with Crippen LogP contribution in [0.25, 0.3) is 0 Å². The molecule has 2 aliphatic heterocycles. The van der Waals surface area contributed by atoms with Gasteiger partial charge in [0.25, 0.3) is 0 Å². The maximum Gasteiger partial charge on any atom is 0.157 e. The Labute approximate surface area is 83.3 Å². The second-order valence-corrected chi connectivity index (χ2v) is 5.21. The molecule has 0 bridgehead atoms. The highest BCUT2D eigenvalue weighted by Crippen LogP contribution is 2.23. The van der Waals surface area contributed by atoms with Gasteiger partial charge in [-0.25, -0.2) is 0 Å². The van der Waals surface area contributed by atoms with E-state index in [1.165, 1.54) is 0 Å². The van der Waals surface area contributed by atoms with E-state index in [9.17, 15) is 0 Å². The monoisotopic (exact) mass is 200 g/mol. The van der Waals surface area contributed by atoms with Crippen LogP contribution in [-0.2, 0) is 4.74 Å². The maximum atomic E-state index is 5.28. The lowest BCUT2D eigenvalue weighted by molar-refractivity contribution is 0.194. The summed E-state index contributed by atoms with van der Waals surface area (Å²) >= 11 is 1.82. The van der Waals surface area contributed by atoms with Crippen molar-refractivity contribution in [2.75, 3.05) is 19.0 Å². The number of aliphatic imine (C=N–C) groups is 1. The fourth-order valence-electron chi connectivity index (χ4n) is 1.47. The molecule has 2 saturated heterocycles. The molecule has 2 heterocycles. The van der Waals surface area contributed by atoms with Gasteiger partial charge in [0.05, 0.1) is 12.6 Å². The fourth-order valence-corrected chi connectivity index (χ4v) is 2.61. The van der Waals surface area contributed by atoms with E-state index in [-0.39, 0.29) is 5.54 Å². The number of hydrogen-bond donors (Lipinski definition) is 1. The van der Waals surface area contributed by atoms with Crippen molar-refractivity contribution in [3.63, 3.8) is 0 Å². The lowest BCUT2D eigenvalue weighted by Crippen LogP contribution is -2.37.